The van der Waals surface area contributed by atoms with Gasteiger partial charge in [0.05, 0.1) is 14.2 Å². The zero-order valence-corrected chi connectivity index (χ0v) is 20.6. The van der Waals surface area contributed by atoms with Crippen LogP contribution >= 0.6 is 0 Å². The Balaban J connectivity index is 1.73. The van der Waals surface area contributed by atoms with Crippen LogP contribution < -0.4 is 25.6 Å². The monoisotopic (exact) mass is 503 g/mol. The van der Waals surface area contributed by atoms with Gasteiger partial charge in [-0.25, -0.2) is 5.48 Å². The summed E-state index contributed by atoms with van der Waals surface area (Å²) in [7, 11) is 3.08. The van der Waals surface area contributed by atoms with Crippen molar-refractivity contribution in [3.63, 3.8) is 0 Å². The second-order valence-corrected chi connectivity index (χ2v) is 8.03. The number of hydrogen-bond donors (Lipinski definition) is 4. The molecule has 0 saturated carbocycles. The van der Waals surface area contributed by atoms with Crippen molar-refractivity contribution >= 4 is 29.5 Å². The van der Waals surface area contributed by atoms with Crippen LogP contribution in [-0.4, -0.2) is 43.2 Å². The van der Waals surface area contributed by atoms with E-state index in [-0.39, 0.29) is 5.56 Å². The molecule has 1 atom stereocenters. The largest absolute Gasteiger partial charge is 0.497 e. The van der Waals surface area contributed by atoms with Crippen LogP contribution in [0.1, 0.15) is 27.9 Å². The standard InChI is InChI=1S/C28H29N3O6/c1-36-23-14-16-25(37-2)21(18-23)11-17-26(32)30-24(15-8-19-6-4-3-5-7-19)28(34)29-22-12-9-20(10-13-22)27(33)31-35/h3-7,9-14,16-18,24,35H,8,15H2,1-2H3,(H,29,34)(H,30,32)(H,31,33)/b17-11+. The number of methoxy groups -OCH3 is 2. The van der Waals surface area contributed by atoms with Gasteiger partial charge in [-0.05, 0) is 66.9 Å². The van der Waals surface area contributed by atoms with E-state index in [9.17, 15) is 14.4 Å². The molecule has 0 aliphatic carbocycles. The van der Waals surface area contributed by atoms with Gasteiger partial charge in [-0.3, -0.25) is 19.6 Å². The first-order valence-electron chi connectivity index (χ1n) is 11.5. The molecule has 0 aliphatic rings. The van der Waals surface area contributed by atoms with Gasteiger partial charge >= 0.3 is 0 Å². The average molecular weight is 504 g/mol. The van der Waals surface area contributed by atoms with Crippen molar-refractivity contribution in [2.45, 2.75) is 18.9 Å². The van der Waals surface area contributed by atoms with Gasteiger partial charge in [0.2, 0.25) is 11.8 Å². The molecule has 0 radical (unpaired) electrons. The zero-order chi connectivity index (χ0) is 26.6. The number of carbonyl (C=O) groups is 3. The third-order valence-corrected chi connectivity index (χ3v) is 5.56. The van der Waals surface area contributed by atoms with Gasteiger partial charge < -0.3 is 20.1 Å². The van der Waals surface area contributed by atoms with Gasteiger partial charge in [-0.1, -0.05) is 30.3 Å². The fraction of sp³-hybridized carbons (Fsp3) is 0.179. The van der Waals surface area contributed by atoms with E-state index in [1.165, 1.54) is 37.5 Å². The Labute approximate surface area is 215 Å². The van der Waals surface area contributed by atoms with E-state index in [0.29, 0.717) is 35.6 Å². The van der Waals surface area contributed by atoms with Crippen molar-refractivity contribution in [2.24, 2.45) is 0 Å². The van der Waals surface area contributed by atoms with Crippen LogP contribution in [0.15, 0.2) is 78.9 Å². The first-order valence-corrected chi connectivity index (χ1v) is 11.5. The van der Waals surface area contributed by atoms with Crippen LogP contribution in [0, 0.1) is 0 Å². The Kier molecular flexibility index (Phi) is 9.81. The summed E-state index contributed by atoms with van der Waals surface area (Å²) in [6, 6.07) is 20.0. The summed E-state index contributed by atoms with van der Waals surface area (Å²) in [5, 5.41) is 14.3. The molecule has 9 heteroatoms. The highest BCUT2D eigenvalue weighted by atomic mass is 16.5. The number of carbonyl (C=O) groups excluding carboxylic acids is 3. The van der Waals surface area contributed by atoms with Crippen molar-refractivity contribution in [3.05, 3.63) is 95.6 Å². The quantitative estimate of drug-likeness (QED) is 0.180. The Bertz CT molecular complexity index is 1240. The summed E-state index contributed by atoms with van der Waals surface area (Å²) in [6.45, 7) is 0. The molecule has 0 spiro atoms. The molecule has 4 N–H and O–H groups in total. The minimum absolute atomic E-state index is 0.229. The van der Waals surface area contributed by atoms with Crippen molar-refractivity contribution in [2.75, 3.05) is 19.5 Å². The summed E-state index contributed by atoms with van der Waals surface area (Å²) in [4.78, 5) is 37.4. The highest BCUT2D eigenvalue weighted by Gasteiger charge is 2.20. The fourth-order valence-corrected chi connectivity index (χ4v) is 3.58. The normalized spacial score (nSPS) is 11.4. The minimum Gasteiger partial charge on any atom is -0.497 e. The predicted octanol–water partition coefficient (Wildman–Crippen LogP) is 3.59. The van der Waals surface area contributed by atoms with E-state index in [4.69, 9.17) is 14.7 Å². The molecule has 3 aromatic rings. The van der Waals surface area contributed by atoms with Crippen LogP contribution in [-0.2, 0) is 16.0 Å². The molecule has 0 heterocycles. The molecule has 0 saturated heterocycles. The van der Waals surface area contributed by atoms with E-state index in [2.05, 4.69) is 10.6 Å². The van der Waals surface area contributed by atoms with Crippen LogP contribution in [0.25, 0.3) is 6.08 Å². The number of anilines is 1. The van der Waals surface area contributed by atoms with Gasteiger partial charge in [-0.15, -0.1) is 0 Å². The van der Waals surface area contributed by atoms with Crippen molar-refractivity contribution in [1.29, 1.82) is 0 Å². The topological polar surface area (TPSA) is 126 Å². The van der Waals surface area contributed by atoms with E-state index in [1.54, 1.807) is 36.9 Å². The molecule has 0 aliphatic heterocycles. The molecule has 0 bridgehead atoms. The van der Waals surface area contributed by atoms with Crippen LogP contribution in [0.5, 0.6) is 11.5 Å². The number of aryl methyl sites for hydroxylation is 1. The number of ether oxygens (including phenoxy) is 2. The number of amides is 3. The lowest BCUT2D eigenvalue weighted by atomic mass is 10.0. The molecule has 9 nitrogen and oxygen atoms in total. The summed E-state index contributed by atoms with van der Waals surface area (Å²) in [6.07, 6.45) is 3.86. The number of hydrogen-bond acceptors (Lipinski definition) is 6. The van der Waals surface area contributed by atoms with Gasteiger partial charge in [0.15, 0.2) is 0 Å². The first kappa shape index (κ1) is 27.0. The SMILES string of the molecule is COc1ccc(OC)c(/C=C/C(=O)NC(CCc2ccccc2)C(=O)Nc2ccc(C(=O)NO)cc2)c1. The van der Waals surface area contributed by atoms with Gasteiger partial charge in [-0.2, -0.15) is 0 Å². The zero-order valence-electron chi connectivity index (χ0n) is 20.6. The fourth-order valence-electron chi connectivity index (χ4n) is 3.58. The summed E-state index contributed by atoms with van der Waals surface area (Å²) in [5.41, 5.74) is 3.91. The molecule has 3 rings (SSSR count). The third-order valence-electron chi connectivity index (χ3n) is 5.56. The third kappa shape index (κ3) is 7.94. The van der Waals surface area contributed by atoms with Crippen molar-refractivity contribution < 1.29 is 29.1 Å². The highest BCUT2D eigenvalue weighted by Crippen LogP contribution is 2.25. The Morgan fingerprint density at radius 2 is 1.68 bits per heavy atom. The van der Waals surface area contributed by atoms with E-state index >= 15 is 0 Å². The lowest BCUT2D eigenvalue weighted by Gasteiger charge is -2.18. The Morgan fingerprint density at radius 3 is 2.32 bits per heavy atom. The number of benzene rings is 3. The molecular formula is C28H29N3O6. The molecule has 1 unspecified atom stereocenters. The second kappa shape index (κ2) is 13.5. The van der Waals surface area contributed by atoms with Crippen molar-refractivity contribution in [3.8, 4) is 11.5 Å². The van der Waals surface area contributed by atoms with E-state index in [0.717, 1.165) is 5.56 Å². The second-order valence-electron chi connectivity index (χ2n) is 8.03. The summed E-state index contributed by atoms with van der Waals surface area (Å²) in [5.74, 6) is -0.334. The average Bonchev–Trinajstić information content (AvgIpc) is 2.94. The number of rotatable bonds is 11. The number of nitrogens with one attached hydrogen (secondary N) is 3. The molecule has 0 fully saturated rings. The van der Waals surface area contributed by atoms with Crippen molar-refractivity contribution in [1.82, 2.24) is 10.8 Å². The smallest absolute Gasteiger partial charge is 0.274 e. The van der Waals surface area contributed by atoms with Gasteiger partial charge in [0, 0.05) is 22.9 Å². The van der Waals surface area contributed by atoms with Gasteiger partial charge in [0.25, 0.3) is 5.91 Å². The molecule has 3 amide bonds. The van der Waals surface area contributed by atoms with E-state index < -0.39 is 23.8 Å². The predicted molar refractivity (Wildman–Crippen MR) is 140 cm³/mol. The molecule has 192 valence electrons. The van der Waals surface area contributed by atoms with Gasteiger partial charge in [0.1, 0.15) is 17.5 Å². The summed E-state index contributed by atoms with van der Waals surface area (Å²) >= 11 is 0. The molecule has 37 heavy (non-hydrogen) atoms. The maximum absolute atomic E-state index is 13.1. The Morgan fingerprint density at radius 1 is 0.946 bits per heavy atom. The summed E-state index contributed by atoms with van der Waals surface area (Å²) < 4.78 is 10.6. The number of hydroxylamine groups is 1. The van der Waals surface area contributed by atoms with E-state index in [1.807, 2.05) is 30.3 Å². The van der Waals surface area contributed by atoms with Crippen LogP contribution in [0.2, 0.25) is 0 Å². The minimum atomic E-state index is -0.829. The lowest BCUT2D eigenvalue weighted by molar-refractivity contribution is -0.123. The van der Waals surface area contributed by atoms with Crippen LogP contribution in [0.3, 0.4) is 0 Å². The van der Waals surface area contributed by atoms with Crippen LogP contribution in [0.4, 0.5) is 5.69 Å². The maximum Gasteiger partial charge on any atom is 0.274 e. The highest BCUT2D eigenvalue weighted by molar-refractivity contribution is 6.00. The molecular weight excluding hydrogens is 474 g/mol. The molecule has 3 aromatic carbocycles. The maximum atomic E-state index is 13.1. The Hall–Kier alpha value is -4.63. The molecule has 0 aromatic heterocycles. The lowest BCUT2D eigenvalue weighted by Crippen LogP contribution is -2.43. The first-order chi connectivity index (χ1) is 17.9.